The third kappa shape index (κ3) is 17.1. The third-order valence-electron chi connectivity index (χ3n) is 5.63. The van der Waals surface area contributed by atoms with E-state index < -0.39 is 17.9 Å². The van der Waals surface area contributed by atoms with Crippen molar-refractivity contribution >= 4 is 11.9 Å². The smallest absolute Gasteiger partial charge is 0.320 e. The molecule has 0 aliphatic heterocycles. The highest BCUT2D eigenvalue weighted by Crippen LogP contribution is 2.16. The molecule has 1 atom stereocenters. The first-order chi connectivity index (χ1) is 13.6. The van der Waals surface area contributed by atoms with Crippen molar-refractivity contribution in [3.8, 4) is 0 Å². The fraction of sp³-hybridized carbons (Fsp3) is 0.917. The van der Waals surface area contributed by atoms with Gasteiger partial charge in [-0.3, -0.25) is 9.59 Å². The molecule has 0 fully saturated rings. The molecule has 1 unspecified atom stereocenters. The number of carbonyl (C=O) groups excluding carboxylic acids is 1. The van der Waals surface area contributed by atoms with Gasteiger partial charge in [-0.05, 0) is 6.42 Å². The Kier molecular flexibility index (Phi) is 19.9. The number of hydrogen-bond acceptors (Lipinski definition) is 3. The molecule has 0 aromatic heterocycles. The minimum atomic E-state index is -1.07. The maximum atomic E-state index is 11.4. The summed E-state index contributed by atoms with van der Waals surface area (Å²) in [6.07, 6.45) is 23.9. The van der Waals surface area contributed by atoms with Gasteiger partial charge in [0.15, 0.2) is 5.92 Å². The maximum Gasteiger partial charge on any atom is 0.320 e. The van der Waals surface area contributed by atoms with Gasteiger partial charge in [0, 0.05) is 0 Å². The summed E-state index contributed by atoms with van der Waals surface area (Å²) >= 11 is 0. The molecule has 0 aromatic rings. The van der Waals surface area contributed by atoms with E-state index in [-0.39, 0.29) is 0 Å². The quantitative estimate of drug-likeness (QED) is 0.125. The molecule has 0 spiro atoms. The van der Waals surface area contributed by atoms with Gasteiger partial charge in [-0.15, -0.1) is 0 Å². The zero-order chi connectivity index (χ0) is 20.9. The molecule has 1 N–H and O–H groups in total. The normalized spacial score (nSPS) is 12.1. The van der Waals surface area contributed by atoms with Crippen LogP contribution in [0.1, 0.15) is 129 Å². The van der Waals surface area contributed by atoms with E-state index in [1.54, 1.807) is 0 Å². The summed E-state index contributed by atoms with van der Waals surface area (Å²) in [6.45, 7) is 2.27. The number of methoxy groups -OCH3 is 1. The van der Waals surface area contributed by atoms with Crippen LogP contribution >= 0.6 is 0 Å². The number of aliphatic carboxylic acids is 1. The monoisotopic (exact) mass is 398 g/mol. The second-order valence-electron chi connectivity index (χ2n) is 8.21. The van der Waals surface area contributed by atoms with E-state index in [9.17, 15) is 9.59 Å². The lowest BCUT2D eigenvalue weighted by Gasteiger charge is -2.09. The average Bonchev–Trinajstić information content (AvgIpc) is 2.69. The van der Waals surface area contributed by atoms with Gasteiger partial charge >= 0.3 is 11.9 Å². The summed E-state index contributed by atoms with van der Waals surface area (Å²) in [4.78, 5) is 22.4. The summed E-state index contributed by atoms with van der Waals surface area (Å²) in [6, 6.07) is 0. The molecule has 166 valence electrons. The molecule has 4 nitrogen and oxygen atoms in total. The number of hydrogen-bond donors (Lipinski definition) is 1. The van der Waals surface area contributed by atoms with Crippen LogP contribution in [0, 0.1) is 5.92 Å². The van der Waals surface area contributed by atoms with Crippen molar-refractivity contribution < 1.29 is 19.4 Å². The molecule has 0 aliphatic carbocycles. The van der Waals surface area contributed by atoms with Crippen molar-refractivity contribution in [3.05, 3.63) is 0 Å². The Balaban J connectivity index is 3.25. The van der Waals surface area contributed by atoms with Crippen LogP contribution in [-0.2, 0) is 14.3 Å². The van der Waals surface area contributed by atoms with Crippen molar-refractivity contribution in [3.63, 3.8) is 0 Å². The Morgan fingerprint density at radius 1 is 0.643 bits per heavy atom. The Morgan fingerprint density at radius 2 is 0.964 bits per heavy atom. The maximum absolute atomic E-state index is 11.4. The molecule has 4 heteroatoms. The standard InChI is InChI=1S/C24H46O4/c1-3-4-5-6-7-8-9-10-11-12-13-14-15-16-17-18-19-20-21-22(23(25)26)24(27)28-2/h22H,3-21H2,1-2H3,(H,25,26). The Labute approximate surface area is 173 Å². The molecular formula is C24H46O4. The van der Waals surface area contributed by atoms with E-state index >= 15 is 0 Å². The van der Waals surface area contributed by atoms with E-state index in [0.29, 0.717) is 6.42 Å². The van der Waals surface area contributed by atoms with Gasteiger partial charge in [-0.2, -0.15) is 0 Å². The van der Waals surface area contributed by atoms with E-state index in [1.807, 2.05) is 0 Å². The highest BCUT2D eigenvalue weighted by Gasteiger charge is 2.26. The molecular weight excluding hydrogens is 352 g/mol. The molecule has 0 aliphatic rings. The fourth-order valence-corrected chi connectivity index (χ4v) is 3.73. The summed E-state index contributed by atoms with van der Waals surface area (Å²) in [5, 5.41) is 9.02. The number of unbranched alkanes of at least 4 members (excludes halogenated alkanes) is 17. The van der Waals surface area contributed by atoms with Crippen LogP contribution in [-0.4, -0.2) is 24.2 Å². The Bertz CT molecular complexity index is 368. The number of carboxylic acids is 1. The highest BCUT2D eigenvalue weighted by atomic mass is 16.5. The zero-order valence-electron chi connectivity index (χ0n) is 18.7. The summed E-state index contributed by atoms with van der Waals surface area (Å²) in [5.41, 5.74) is 0. The topological polar surface area (TPSA) is 63.6 Å². The summed E-state index contributed by atoms with van der Waals surface area (Å²) < 4.78 is 4.54. The second-order valence-corrected chi connectivity index (χ2v) is 8.21. The van der Waals surface area contributed by atoms with Crippen LogP contribution in [0.4, 0.5) is 0 Å². The Morgan fingerprint density at radius 3 is 1.25 bits per heavy atom. The molecule has 28 heavy (non-hydrogen) atoms. The molecule has 0 saturated heterocycles. The largest absolute Gasteiger partial charge is 0.481 e. The number of carboxylic acid groups (broad SMARTS) is 1. The molecule has 0 radical (unpaired) electrons. The minimum absolute atomic E-state index is 0.390. The highest BCUT2D eigenvalue weighted by molar-refractivity contribution is 5.93. The van der Waals surface area contributed by atoms with Gasteiger partial charge in [0.1, 0.15) is 0 Å². The average molecular weight is 399 g/mol. The zero-order valence-corrected chi connectivity index (χ0v) is 18.7. The second kappa shape index (κ2) is 20.7. The summed E-state index contributed by atoms with van der Waals surface area (Å²) in [5.74, 6) is -2.69. The van der Waals surface area contributed by atoms with E-state index in [0.717, 1.165) is 19.3 Å². The predicted octanol–water partition coefficient (Wildman–Crippen LogP) is 7.29. The fourth-order valence-electron chi connectivity index (χ4n) is 3.73. The molecule has 0 aromatic carbocycles. The summed E-state index contributed by atoms with van der Waals surface area (Å²) in [7, 11) is 1.24. The Hall–Kier alpha value is -1.06. The lowest BCUT2D eigenvalue weighted by Crippen LogP contribution is -2.24. The molecule has 0 amide bonds. The SMILES string of the molecule is CCCCCCCCCCCCCCCCCCCCC(C(=O)O)C(=O)OC. The molecule has 0 heterocycles. The lowest BCUT2D eigenvalue weighted by atomic mass is 10.00. The molecule has 0 saturated carbocycles. The molecule has 0 rings (SSSR count). The van der Waals surface area contributed by atoms with E-state index in [2.05, 4.69) is 11.7 Å². The predicted molar refractivity (Wildman–Crippen MR) is 117 cm³/mol. The van der Waals surface area contributed by atoms with Crippen molar-refractivity contribution in [2.24, 2.45) is 5.92 Å². The minimum Gasteiger partial charge on any atom is -0.481 e. The van der Waals surface area contributed by atoms with Crippen LogP contribution in [0.5, 0.6) is 0 Å². The number of esters is 1. The van der Waals surface area contributed by atoms with Crippen LogP contribution < -0.4 is 0 Å². The van der Waals surface area contributed by atoms with Crippen molar-refractivity contribution in [1.82, 2.24) is 0 Å². The van der Waals surface area contributed by atoms with Gasteiger partial charge in [-0.25, -0.2) is 0 Å². The van der Waals surface area contributed by atoms with Gasteiger partial charge in [0.25, 0.3) is 0 Å². The third-order valence-corrected chi connectivity index (χ3v) is 5.63. The van der Waals surface area contributed by atoms with Crippen LogP contribution in [0.3, 0.4) is 0 Å². The van der Waals surface area contributed by atoms with Gasteiger partial charge < -0.3 is 9.84 Å². The first kappa shape index (κ1) is 26.9. The number of carbonyl (C=O) groups is 2. The van der Waals surface area contributed by atoms with Crippen molar-refractivity contribution in [2.75, 3.05) is 7.11 Å². The first-order valence-corrected chi connectivity index (χ1v) is 11.9. The number of ether oxygens (including phenoxy) is 1. The van der Waals surface area contributed by atoms with Crippen LogP contribution in [0.25, 0.3) is 0 Å². The van der Waals surface area contributed by atoms with E-state index in [4.69, 9.17) is 5.11 Å². The molecule has 0 bridgehead atoms. The van der Waals surface area contributed by atoms with Gasteiger partial charge in [0.05, 0.1) is 7.11 Å². The van der Waals surface area contributed by atoms with Gasteiger partial charge in [0.2, 0.25) is 0 Å². The first-order valence-electron chi connectivity index (χ1n) is 11.9. The van der Waals surface area contributed by atoms with Crippen LogP contribution in [0.2, 0.25) is 0 Å². The van der Waals surface area contributed by atoms with Crippen molar-refractivity contribution in [1.29, 1.82) is 0 Å². The number of rotatable bonds is 21. The van der Waals surface area contributed by atoms with E-state index in [1.165, 1.54) is 103 Å². The lowest BCUT2D eigenvalue weighted by molar-refractivity contribution is -0.157. The van der Waals surface area contributed by atoms with Crippen LogP contribution in [0.15, 0.2) is 0 Å². The van der Waals surface area contributed by atoms with Gasteiger partial charge in [-0.1, -0.05) is 122 Å². The van der Waals surface area contributed by atoms with Crippen molar-refractivity contribution in [2.45, 2.75) is 129 Å².